The molecule has 1 N–H and O–H groups in total. The Labute approximate surface area is 147 Å². The van der Waals surface area contributed by atoms with E-state index in [9.17, 15) is 4.79 Å². The van der Waals surface area contributed by atoms with Crippen molar-refractivity contribution in [3.05, 3.63) is 40.0 Å². The fourth-order valence-corrected chi connectivity index (χ4v) is 3.84. The van der Waals surface area contributed by atoms with Gasteiger partial charge in [0.2, 0.25) is 5.91 Å². The van der Waals surface area contributed by atoms with Crippen LogP contribution in [0.2, 0.25) is 0 Å². The number of carbonyl (C=O) groups excluding carboxylic acids is 1. The van der Waals surface area contributed by atoms with E-state index in [0.717, 1.165) is 25.3 Å². The van der Waals surface area contributed by atoms with Crippen LogP contribution >= 0.6 is 11.3 Å². The molecule has 128 valence electrons. The van der Waals surface area contributed by atoms with Crippen LogP contribution in [0.25, 0.3) is 0 Å². The Morgan fingerprint density at radius 1 is 1.29 bits per heavy atom. The maximum Gasteiger partial charge on any atom is 0.220 e. The van der Waals surface area contributed by atoms with Gasteiger partial charge in [-0.3, -0.25) is 4.79 Å². The first kappa shape index (κ1) is 16.9. The van der Waals surface area contributed by atoms with Gasteiger partial charge < -0.3 is 10.2 Å². The molecule has 0 radical (unpaired) electrons. The molecule has 1 amide bonds. The second kappa shape index (κ2) is 8.24. The summed E-state index contributed by atoms with van der Waals surface area (Å²) in [7, 11) is 0. The van der Waals surface area contributed by atoms with E-state index in [2.05, 4.69) is 38.6 Å². The van der Waals surface area contributed by atoms with Crippen LogP contribution in [-0.4, -0.2) is 29.0 Å². The molecule has 0 aromatic carbocycles. The number of rotatable bonds is 6. The first-order chi connectivity index (χ1) is 11.7. The molecule has 3 rings (SSSR count). The van der Waals surface area contributed by atoms with E-state index in [1.54, 1.807) is 17.5 Å². The summed E-state index contributed by atoms with van der Waals surface area (Å²) >= 11 is 1.71. The van der Waals surface area contributed by atoms with Gasteiger partial charge in [0.05, 0.1) is 6.54 Å². The zero-order valence-electron chi connectivity index (χ0n) is 14.1. The molecule has 2 aromatic rings. The van der Waals surface area contributed by atoms with Crippen LogP contribution in [0.15, 0.2) is 23.7 Å². The lowest BCUT2D eigenvalue weighted by molar-refractivity contribution is -0.121. The van der Waals surface area contributed by atoms with Gasteiger partial charge in [-0.05, 0) is 55.7 Å². The van der Waals surface area contributed by atoms with Crippen molar-refractivity contribution in [2.45, 2.75) is 45.6 Å². The number of nitrogens with one attached hydrogen (secondary N) is 1. The second-order valence-electron chi connectivity index (χ2n) is 6.18. The highest BCUT2D eigenvalue weighted by Gasteiger charge is 2.13. The third-order valence-corrected chi connectivity index (χ3v) is 5.44. The minimum Gasteiger partial charge on any atom is -0.357 e. The number of aromatic nitrogens is 2. The van der Waals surface area contributed by atoms with Gasteiger partial charge >= 0.3 is 0 Å². The minimum atomic E-state index is 0.0507. The maximum atomic E-state index is 12.0. The molecule has 1 aliphatic heterocycles. The quantitative estimate of drug-likeness (QED) is 0.875. The number of aryl methyl sites for hydroxylation is 2. The summed E-state index contributed by atoms with van der Waals surface area (Å²) in [6, 6.07) is 4.05. The number of piperidine rings is 1. The Balaban J connectivity index is 1.49. The molecule has 1 fully saturated rings. The summed E-state index contributed by atoms with van der Waals surface area (Å²) in [5.74, 6) is 1.71. The predicted molar refractivity (Wildman–Crippen MR) is 97.3 cm³/mol. The fourth-order valence-electron chi connectivity index (χ4n) is 2.93. The van der Waals surface area contributed by atoms with E-state index >= 15 is 0 Å². The van der Waals surface area contributed by atoms with Crippen LogP contribution in [0.3, 0.4) is 0 Å². The number of carbonyl (C=O) groups is 1. The smallest absolute Gasteiger partial charge is 0.220 e. The van der Waals surface area contributed by atoms with Crippen molar-refractivity contribution in [2.75, 3.05) is 18.0 Å². The van der Waals surface area contributed by atoms with Gasteiger partial charge in [0.15, 0.2) is 0 Å². The van der Waals surface area contributed by atoms with Crippen LogP contribution in [0.1, 0.15) is 41.9 Å². The molecule has 0 spiro atoms. The Morgan fingerprint density at radius 3 is 2.88 bits per heavy atom. The highest BCUT2D eigenvalue weighted by Crippen LogP contribution is 2.18. The van der Waals surface area contributed by atoms with Gasteiger partial charge in [0, 0.05) is 30.6 Å². The van der Waals surface area contributed by atoms with Gasteiger partial charge in [-0.1, -0.05) is 0 Å². The molecule has 24 heavy (non-hydrogen) atoms. The Kier molecular flexibility index (Phi) is 5.80. The molecular weight excluding hydrogens is 320 g/mol. The molecule has 5 nitrogen and oxygen atoms in total. The molecule has 0 unspecified atom stereocenters. The number of hydrogen-bond acceptors (Lipinski definition) is 5. The molecule has 0 aliphatic carbocycles. The average molecular weight is 344 g/mol. The van der Waals surface area contributed by atoms with Crippen LogP contribution < -0.4 is 10.2 Å². The summed E-state index contributed by atoms with van der Waals surface area (Å²) in [4.78, 5) is 24.5. The van der Waals surface area contributed by atoms with E-state index in [4.69, 9.17) is 0 Å². The molecule has 2 aromatic heterocycles. The normalized spacial score (nSPS) is 14.6. The highest BCUT2D eigenvalue weighted by atomic mass is 32.1. The maximum absolute atomic E-state index is 12.0. The van der Waals surface area contributed by atoms with Crippen molar-refractivity contribution in [3.63, 3.8) is 0 Å². The first-order valence-corrected chi connectivity index (χ1v) is 9.47. The SMILES string of the molecule is Cc1ccsc1CCC(=O)NCc1nccc(N2CCCCC2)n1. The number of thiophene rings is 1. The summed E-state index contributed by atoms with van der Waals surface area (Å²) in [5, 5.41) is 5.01. The molecule has 0 bridgehead atoms. The monoisotopic (exact) mass is 344 g/mol. The van der Waals surface area contributed by atoms with Crippen LogP contribution in [0.5, 0.6) is 0 Å². The standard InChI is InChI=1S/C18H24N4OS/c1-14-8-12-24-15(14)5-6-18(23)20-13-16-19-9-7-17(21-16)22-10-3-2-4-11-22/h7-9,12H,2-6,10-11,13H2,1H3,(H,20,23). The summed E-state index contributed by atoms with van der Waals surface area (Å²) in [6.07, 6.45) is 6.83. The van der Waals surface area contributed by atoms with Crippen molar-refractivity contribution in [3.8, 4) is 0 Å². The molecular formula is C18H24N4OS. The fraction of sp³-hybridized carbons (Fsp3) is 0.500. The largest absolute Gasteiger partial charge is 0.357 e. The van der Waals surface area contributed by atoms with Crippen molar-refractivity contribution in [1.29, 1.82) is 0 Å². The predicted octanol–water partition coefficient (Wildman–Crippen LogP) is 3.09. The third kappa shape index (κ3) is 4.54. The number of hydrogen-bond donors (Lipinski definition) is 1. The van der Waals surface area contributed by atoms with Gasteiger partial charge in [-0.2, -0.15) is 0 Å². The minimum absolute atomic E-state index is 0.0507. The molecule has 6 heteroatoms. The molecule has 0 saturated carbocycles. The van der Waals surface area contributed by atoms with Crippen molar-refractivity contribution in [2.24, 2.45) is 0 Å². The van der Waals surface area contributed by atoms with Crippen LogP contribution in [0, 0.1) is 6.92 Å². The van der Waals surface area contributed by atoms with Crippen molar-refractivity contribution < 1.29 is 4.79 Å². The Morgan fingerprint density at radius 2 is 2.12 bits per heavy atom. The van der Waals surface area contributed by atoms with Gasteiger partial charge in [0.25, 0.3) is 0 Å². The van der Waals surface area contributed by atoms with Crippen LogP contribution in [-0.2, 0) is 17.8 Å². The van der Waals surface area contributed by atoms with E-state index in [-0.39, 0.29) is 5.91 Å². The second-order valence-corrected chi connectivity index (χ2v) is 7.18. The molecule has 3 heterocycles. The molecule has 0 atom stereocenters. The zero-order valence-corrected chi connectivity index (χ0v) is 14.9. The first-order valence-electron chi connectivity index (χ1n) is 8.59. The van der Waals surface area contributed by atoms with Gasteiger partial charge in [0.1, 0.15) is 11.6 Å². The van der Waals surface area contributed by atoms with Gasteiger partial charge in [-0.15, -0.1) is 11.3 Å². The van der Waals surface area contributed by atoms with Crippen LogP contribution in [0.4, 0.5) is 5.82 Å². The van der Waals surface area contributed by atoms with Crippen molar-refractivity contribution >= 4 is 23.1 Å². The number of amides is 1. The highest BCUT2D eigenvalue weighted by molar-refractivity contribution is 7.10. The third-order valence-electron chi connectivity index (χ3n) is 4.36. The average Bonchev–Trinajstić information content (AvgIpc) is 3.04. The van der Waals surface area contributed by atoms with E-state index in [0.29, 0.717) is 18.8 Å². The number of anilines is 1. The molecule has 1 aliphatic rings. The van der Waals surface area contributed by atoms with Gasteiger partial charge in [-0.25, -0.2) is 9.97 Å². The summed E-state index contributed by atoms with van der Waals surface area (Å²) in [6.45, 7) is 4.60. The summed E-state index contributed by atoms with van der Waals surface area (Å²) < 4.78 is 0. The van der Waals surface area contributed by atoms with E-state index in [1.807, 2.05) is 6.07 Å². The Hall–Kier alpha value is -1.95. The lowest BCUT2D eigenvalue weighted by Crippen LogP contribution is -2.31. The lowest BCUT2D eigenvalue weighted by atomic mass is 10.1. The van der Waals surface area contributed by atoms with E-state index < -0.39 is 0 Å². The van der Waals surface area contributed by atoms with E-state index in [1.165, 1.54) is 29.7 Å². The Bertz CT molecular complexity index is 679. The topological polar surface area (TPSA) is 58.1 Å². The summed E-state index contributed by atoms with van der Waals surface area (Å²) in [5.41, 5.74) is 1.27. The lowest BCUT2D eigenvalue weighted by Gasteiger charge is -2.27. The van der Waals surface area contributed by atoms with Crippen molar-refractivity contribution in [1.82, 2.24) is 15.3 Å². The zero-order chi connectivity index (χ0) is 16.8. The molecule has 1 saturated heterocycles. The number of nitrogens with zero attached hydrogens (tertiary/aromatic N) is 3.